The van der Waals surface area contributed by atoms with Gasteiger partial charge in [-0.05, 0) is 6.92 Å². The van der Waals surface area contributed by atoms with Crippen LogP contribution in [-0.4, -0.2) is 50.8 Å². The van der Waals surface area contributed by atoms with Gasteiger partial charge in [-0.15, -0.1) is 0 Å². The molecule has 0 spiro atoms. The largest absolute Gasteiger partial charge is 0.379 e. The van der Waals surface area contributed by atoms with Crippen molar-refractivity contribution < 1.29 is 14.3 Å². The average Bonchev–Trinajstić information content (AvgIpc) is 2.21. The van der Waals surface area contributed by atoms with Gasteiger partial charge < -0.3 is 14.4 Å². The molecule has 0 N–H and O–H groups in total. The van der Waals surface area contributed by atoms with Crippen molar-refractivity contribution in [1.82, 2.24) is 4.90 Å². The van der Waals surface area contributed by atoms with E-state index >= 15 is 0 Å². The van der Waals surface area contributed by atoms with E-state index in [1.807, 2.05) is 13.8 Å². The SMILES string of the molecule is CCOCCOCCN(C)C(=O)CC. The predicted octanol–water partition coefficient (Wildman–Crippen LogP) is 0.908. The summed E-state index contributed by atoms with van der Waals surface area (Å²) >= 11 is 0. The van der Waals surface area contributed by atoms with Gasteiger partial charge in [-0.2, -0.15) is 0 Å². The van der Waals surface area contributed by atoms with Gasteiger partial charge in [0.25, 0.3) is 0 Å². The zero-order valence-corrected chi connectivity index (χ0v) is 9.41. The fourth-order valence-electron chi connectivity index (χ4n) is 0.960. The Morgan fingerprint density at radius 3 is 2.36 bits per heavy atom. The molecule has 0 bridgehead atoms. The van der Waals surface area contributed by atoms with Gasteiger partial charge in [-0.1, -0.05) is 6.92 Å². The van der Waals surface area contributed by atoms with Crippen LogP contribution < -0.4 is 0 Å². The Balaban J connectivity index is 3.23. The lowest BCUT2D eigenvalue weighted by Crippen LogP contribution is -2.29. The second-order valence-electron chi connectivity index (χ2n) is 2.98. The van der Waals surface area contributed by atoms with Crippen molar-refractivity contribution in [3.05, 3.63) is 0 Å². The molecule has 0 saturated heterocycles. The second-order valence-corrected chi connectivity index (χ2v) is 2.98. The van der Waals surface area contributed by atoms with E-state index in [4.69, 9.17) is 9.47 Å². The molecular formula is C10H21NO3. The van der Waals surface area contributed by atoms with Crippen molar-refractivity contribution in [3.63, 3.8) is 0 Å². The summed E-state index contributed by atoms with van der Waals surface area (Å²) in [6.45, 7) is 6.98. The number of carbonyl (C=O) groups is 1. The zero-order valence-electron chi connectivity index (χ0n) is 9.41. The Hall–Kier alpha value is -0.610. The van der Waals surface area contributed by atoms with E-state index in [1.54, 1.807) is 11.9 Å². The quantitative estimate of drug-likeness (QED) is 0.550. The van der Waals surface area contributed by atoms with Gasteiger partial charge >= 0.3 is 0 Å². The van der Waals surface area contributed by atoms with Crippen LogP contribution in [0.15, 0.2) is 0 Å². The molecule has 0 unspecified atom stereocenters. The Kier molecular flexibility index (Phi) is 8.57. The third kappa shape index (κ3) is 6.86. The van der Waals surface area contributed by atoms with Crippen LogP contribution in [0.2, 0.25) is 0 Å². The number of hydrogen-bond donors (Lipinski definition) is 0. The third-order valence-electron chi connectivity index (χ3n) is 1.88. The van der Waals surface area contributed by atoms with Crippen molar-refractivity contribution in [1.29, 1.82) is 0 Å². The topological polar surface area (TPSA) is 38.8 Å². The van der Waals surface area contributed by atoms with E-state index in [0.29, 0.717) is 32.8 Å². The molecule has 4 heteroatoms. The maximum Gasteiger partial charge on any atom is 0.222 e. The first-order valence-electron chi connectivity index (χ1n) is 5.11. The predicted molar refractivity (Wildman–Crippen MR) is 55.2 cm³/mol. The van der Waals surface area contributed by atoms with Crippen LogP contribution in [0.4, 0.5) is 0 Å². The first kappa shape index (κ1) is 13.4. The van der Waals surface area contributed by atoms with E-state index in [-0.39, 0.29) is 5.91 Å². The smallest absolute Gasteiger partial charge is 0.222 e. The molecule has 0 aromatic carbocycles. The first-order valence-corrected chi connectivity index (χ1v) is 5.11. The molecule has 0 aromatic heterocycles. The molecule has 1 amide bonds. The molecule has 0 aliphatic carbocycles. The van der Waals surface area contributed by atoms with Gasteiger partial charge in [0.05, 0.1) is 19.8 Å². The van der Waals surface area contributed by atoms with Crippen LogP contribution in [0, 0.1) is 0 Å². The number of amides is 1. The van der Waals surface area contributed by atoms with Crippen LogP contribution in [0.3, 0.4) is 0 Å². The molecule has 0 aromatic rings. The summed E-state index contributed by atoms with van der Waals surface area (Å²) in [6, 6.07) is 0. The molecule has 0 aliphatic heterocycles. The molecule has 0 radical (unpaired) electrons. The Bertz CT molecular complexity index is 150. The lowest BCUT2D eigenvalue weighted by atomic mass is 10.4. The lowest BCUT2D eigenvalue weighted by molar-refractivity contribution is -0.130. The van der Waals surface area contributed by atoms with Crippen LogP contribution >= 0.6 is 0 Å². The standard InChI is InChI=1S/C10H21NO3/c1-4-10(12)11(3)6-7-14-9-8-13-5-2/h4-9H2,1-3H3. The fourth-order valence-corrected chi connectivity index (χ4v) is 0.960. The van der Waals surface area contributed by atoms with E-state index < -0.39 is 0 Å². The molecular weight excluding hydrogens is 182 g/mol. The molecule has 84 valence electrons. The molecule has 0 rings (SSSR count). The number of ether oxygens (including phenoxy) is 2. The molecule has 0 fully saturated rings. The summed E-state index contributed by atoms with van der Waals surface area (Å²) in [5.74, 6) is 0.151. The summed E-state index contributed by atoms with van der Waals surface area (Å²) in [5, 5.41) is 0. The number of nitrogens with zero attached hydrogens (tertiary/aromatic N) is 1. The first-order chi connectivity index (χ1) is 6.72. The minimum absolute atomic E-state index is 0.151. The molecule has 4 nitrogen and oxygen atoms in total. The van der Waals surface area contributed by atoms with Crippen molar-refractivity contribution >= 4 is 5.91 Å². The van der Waals surface area contributed by atoms with Gasteiger partial charge in [0, 0.05) is 26.6 Å². The van der Waals surface area contributed by atoms with Gasteiger partial charge in [0.15, 0.2) is 0 Å². The van der Waals surface area contributed by atoms with E-state index in [2.05, 4.69) is 0 Å². The van der Waals surface area contributed by atoms with Crippen molar-refractivity contribution in [2.45, 2.75) is 20.3 Å². The minimum atomic E-state index is 0.151. The summed E-state index contributed by atoms with van der Waals surface area (Å²) in [6.07, 6.45) is 0.551. The maximum absolute atomic E-state index is 11.1. The van der Waals surface area contributed by atoms with Gasteiger partial charge in [0.2, 0.25) is 5.91 Å². The van der Waals surface area contributed by atoms with Crippen LogP contribution in [-0.2, 0) is 14.3 Å². The molecule has 0 heterocycles. The number of hydrogen-bond acceptors (Lipinski definition) is 3. The maximum atomic E-state index is 11.1. The van der Waals surface area contributed by atoms with Crippen LogP contribution in [0.25, 0.3) is 0 Å². The van der Waals surface area contributed by atoms with Gasteiger partial charge in [-0.25, -0.2) is 0 Å². The monoisotopic (exact) mass is 203 g/mol. The van der Waals surface area contributed by atoms with Crippen molar-refractivity contribution in [3.8, 4) is 0 Å². The van der Waals surface area contributed by atoms with Gasteiger partial charge in [-0.3, -0.25) is 4.79 Å². The summed E-state index contributed by atoms with van der Waals surface area (Å²) in [7, 11) is 1.79. The summed E-state index contributed by atoms with van der Waals surface area (Å²) < 4.78 is 10.4. The highest BCUT2D eigenvalue weighted by molar-refractivity contribution is 5.75. The van der Waals surface area contributed by atoms with E-state index in [0.717, 1.165) is 6.61 Å². The average molecular weight is 203 g/mol. The number of likely N-dealkylation sites (N-methyl/N-ethyl adjacent to an activating group) is 1. The second kappa shape index (κ2) is 8.97. The highest BCUT2D eigenvalue weighted by Gasteiger charge is 2.04. The third-order valence-corrected chi connectivity index (χ3v) is 1.88. The van der Waals surface area contributed by atoms with E-state index in [9.17, 15) is 4.79 Å². The van der Waals surface area contributed by atoms with Crippen molar-refractivity contribution in [2.75, 3.05) is 40.0 Å². The highest BCUT2D eigenvalue weighted by atomic mass is 16.5. The number of carbonyl (C=O) groups excluding carboxylic acids is 1. The highest BCUT2D eigenvalue weighted by Crippen LogP contribution is 1.89. The minimum Gasteiger partial charge on any atom is -0.379 e. The van der Waals surface area contributed by atoms with Crippen LogP contribution in [0.1, 0.15) is 20.3 Å². The Labute approximate surface area is 86.2 Å². The summed E-state index contributed by atoms with van der Waals surface area (Å²) in [5.41, 5.74) is 0. The van der Waals surface area contributed by atoms with E-state index in [1.165, 1.54) is 0 Å². The Morgan fingerprint density at radius 1 is 1.14 bits per heavy atom. The number of rotatable bonds is 8. The molecule has 0 atom stereocenters. The fraction of sp³-hybridized carbons (Fsp3) is 0.900. The zero-order chi connectivity index (χ0) is 10.8. The van der Waals surface area contributed by atoms with Crippen LogP contribution in [0.5, 0.6) is 0 Å². The normalized spacial score (nSPS) is 10.2. The van der Waals surface area contributed by atoms with Gasteiger partial charge in [0.1, 0.15) is 0 Å². The van der Waals surface area contributed by atoms with Crippen molar-refractivity contribution in [2.24, 2.45) is 0 Å². The molecule has 0 aliphatic rings. The summed E-state index contributed by atoms with van der Waals surface area (Å²) in [4.78, 5) is 12.8. The lowest BCUT2D eigenvalue weighted by Gasteiger charge is -2.15. The molecule has 0 saturated carbocycles. The Morgan fingerprint density at radius 2 is 1.79 bits per heavy atom. The molecule has 14 heavy (non-hydrogen) atoms.